The third-order valence-electron chi connectivity index (χ3n) is 2.46. The minimum absolute atomic E-state index is 0.221. The molecule has 0 bridgehead atoms. The molecule has 0 radical (unpaired) electrons. The number of carbonyl (C=O) groups is 1. The first-order valence-electron chi connectivity index (χ1n) is 5.94. The minimum Gasteiger partial charge on any atom is -0.468 e. The minimum atomic E-state index is -0.666. The Kier molecular flexibility index (Phi) is 5.75. The predicted molar refractivity (Wildman–Crippen MR) is 73.6 cm³/mol. The van der Waals surface area contributed by atoms with Gasteiger partial charge in [0.15, 0.2) is 0 Å². The molecule has 0 saturated heterocycles. The van der Waals surface area contributed by atoms with Gasteiger partial charge in [-0.1, -0.05) is 0 Å². The quantitative estimate of drug-likeness (QED) is 0.772. The second-order valence-electron chi connectivity index (χ2n) is 4.69. The molecule has 1 rings (SSSR count). The van der Waals surface area contributed by atoms with Gasteiger partial charge >= 0.3 is 5.97 Å². The van der Waals surface area contributed by atoms with Crippen LogP contribution in [0.4, 0.5) is 0 Å². The Balaban J connectivity index is 2.53. The molecule has 0 spiro atoms. The lowest BCUT2D eigenvalue weighted by molar-refractivity contribution is -0.147. The van der Waals surface area contributed by atoms with Crippen molar-refractivity contribution < 1.29 is 13.9 Å². The lowest BCUT2D eigenvalue weighted by Crippen LogP contribution is -2.54. The van der Waals surface area contributed by atoms with Crippen LogP contribution in [0, 0.1) is 0 Å². The Bertz CT molecular complexity index is 364. The van der Waals surface area contributed by atoms with E-state index in [0.29, 0.717) is 5.75 Å². The third-order valence-corrected chi connectivity index (χ3v) is 3.73. The van der Waals surface area contributed by atoms with Crippen molar-refractivity contribution >= 4 is 17.7 Å². The average Bonchev–Trinajstić information content (AvgIpc) is 2.80. The SMILES string of the molecule is COC(=O)C(C)(CSCc1ccco1)NC(C)C. The molecule has 1 aromatic heterocycles. The van der Waals surface area contributed by atoms with Gasteiger partial charge in [0.1, 0.15) is 11.3 Å². The van der Waals surface area contributed by atoms with E-state index >= 15 is 0 Å². The smallest absolute Gasteiger partial charge is 0.326 e. The van der Waals surface area contributed by atoms with E-state index in [1.165, 1.54) is 7.11 Å². The van der Waals surface area contributed by atoms with Crippen LogP contribution in [0.25, 0.3) is 0 Å². The second kappa shape index (κ2) is 6.85. The average molecular weight is 271 g/mol. The highest BCUT2D eigenvalue weighted by Crippen LogP contribution is 2.20. The number of ether oxygens (including phenoxy) is 1. The van der Waals surface area contributed by atoms with Crippen LogP contribution in [-0.4, -0.2) is 30.4 Å². The zero-order valence-corrected chi connectivity index (χ0v) is 12.2. The molecule has 0 amide bonds. The van der Waals surface area contributed by atoms with Gasteiger partial charge in [0.25, 0.3) is 0 Å². The molecule has 4 nitrogen and oxygen atoms in total. The summed E-state index contributed by atoms with van der Waals surface area (Å²) in [6.45, 7) is 5.89. The van der Waals surface area contributed by atoms with Crippen molar-refractivity contribution in [1.29, 1.82) is 0 Å². The van der Waals surface area contributed by atoms with Crippen LogP contribution < -0.4 is 5.32 Å². The third kappa shape index (κ3) is 4.38. The fourth-order valence-corrected chi connectivity index (χ4v) is 2.85. The van der Waals surface area contributed by atoms with E-state index in [-0.39, 0.29) is 12.0 Å². The number of hydrogen-bond donors (Lipinski definition) is 1. The fraction of sp³-hybridized carbons (Fsp3) is 0.615. The van der Waals surface area contributed by atoms with Crippen molar-refractivity contribution in [2.75, 3.05) is 12.9 Å². The molecule has 0 aliphatic carbocycles. The number of furan rings is 1. The Labute approximate surface area is 112 Å². The number of hydrogen-bond acceptors (Lipinski definition) is 5. The van der Waals surface area contributed by atoms with Crippen molar-refractivity contribution in [3.8, 4) is 0 Å². The van der Waals surface area contributed by atoms with Gasteiger partial charge in [-0.25, -0.2) is 0 Å². The van der Waals surface area contributed by atoms with Crippen molar-refractivity contribution in [1.82, 2.24) is 5.32 Å². The van der Waals surface area contributed by atoms with E-state index in [9.17, 15) is 4.79 Å². The van der Waals surface area contributed by atoms with Crippen molar-refractivity contribution in [3.05, 3.63) is 24.2 Å². The van der Waals surface area contributed by atoms with Crippen LogP contribution >= 0.6 is 11.8 Å². The Hall–Kier alpha value is -0.940. The van der Waals surface area contributed by atoms with Crippen LogP contribution in [-0.2, 0) is 15.3 Å². The van der Waals surface area contributed by atoms with Gasteiger partial charge in [0.2, 0.25) is 0 Å². The lowest BCUT2D eigenvalue weighted by Gasteiger charge is -2.29. The molecule has 0 aliphatic rings. The van der Waals surface area contributed by atoms with Gasteiger partial charge < -0.3 is 9.15 Å². The monoisotopic (exact) mass is 271 g/mol. The number of rotatable bonds is 7. The maximum Gasteiger partial charge on any atom is 0.326 e. The molecular weight excluding hydrogens is 250 g/mol. The molecule has 1 aromatic rings. The number of methoxy groups -OCH3 is 1. The molecule has 0 aromatic carbocycles. The number of esters is 1. The number of nitrogens with one attached hydrogen (secondary N) is 1. The van der Waals surface area contributed by atoms with Gasteiger partial charge in [-0.3, -0.25) is 10.1 Å². The molecule has 5 heteroatoms. The molecule has 1 unspecified atom stereocenters. The fourth-order valence-electron chi connectivity index (χ4n) is 1.77. The predicted octanol–water partition coefficient (Wildman–Crippen LogP) is 2.44. The van der Waals surface area contributed by atoms with E-state index < -0.39 is 5.54 Å². The van der Waals surface area contributed by atoms with E-state index in [2.05, 4.69) is 5.32 Å². The topological polar surface area (TPSA) is 51.5 Å². The molecule has 102 valence electrons. The number of thioether (sulfide) groups is 1. The first-order chi connectivity index (χ1) is 8.48. The normalized spacial score (nSPS) is 14.5. The Morgan fingerprint density at radius 3 is 2.83 bits per heavy atom. The summed E-state index contributed by atoms with van der Waals surface area (Å²) in [5.74, 6) is 2.07. The zero-order valence-electron chi connectivity index (χ0n) is 11.4. The maximum atomic E-state index is 11.8. The molecular formula is C13H21NO3S. The van der Waals surface area contributed by atoms with Crippen molar-refractivity contribution in [3.63, 3.8) is 0 Å². The highest BCUT2D eigenvalue weighted by molar-refractivity contribution is 7.98. The van der Waals surface area contributed by atoms with E-state index in [4.69, 9.17) is 9.15 Å². The summed E-state index contributed by atoms with van der Waals surface area (Å²) in [5, 5.41) is 3.26. The van der Waals surface area contributed by atoms with Crippen LogP contribution in [0.2, 0.25) is 0 Å². The summed E-state index contributed by atoms with van der Waals surface area (Å²) in [6.07, 6.45) is 1.65. The molecule has 0 aliphatic heterocycles. The highest BCUT2D eigenvalue weighted by atomic mass is 32.2. The summed E-state index contributed by atoms with van der Waals surface area (Å²) in [4.78, 5) is 11.8. The highest BCUT2D eigenvalue weighted by Gasteiger charge is 2.34. The molecule has 1 atom stereocenters. The molecule has 1 heterocycles. The molecule has 1 N–H and O–H groups in total. The van der Waals surface area contributed by atoms with Gasteiger partial charge in [0.05, 0.1) is 19.1 Å². The largest absolute Gasteiger partial charge is 0.468 e. The van der Waals surface area contributed by atoms with E-state index in [1.807, 2.05) is 32.9 Å². The molecule has 0 fully saturated rings. The summed E-state index contributed by atoms with van der Waals surface area (Å²) in [7, 11) is 1.42. The summed E-state index contributed by atoms with van der Waals surface area (Å²) in [5.41, 5.74) is -0.666. The first-order valence-corrected chi connectivity index (χ1v) is 7.09. The Morgan fingerprint density at radius 2 is 2.33 bits per heavy atom. The van der Waals surface area contributed by atoms with Gasteiger partial charge in [-0.15, -0.1) is 0 Å². The van der Waals surface area contributed by atoms with E-state index in [0.717, 1.165) is 11.5 Å². The Morgan fingerprint density at radius 1 is 1.61 bits per heavy atom. The van der Waals surface area contributed by atoms with Crippen LogP contribution in [0.1, 0.15) is 26.5 Å². The van der Waals surface area contributed by atoms with Crippen molar-refractivity contribution in [2.45, 2.75) is 38.1 Å². The standard InChI is InChI=1S/C13H21NO3S/c1-10(2)14-13(3,12(15)16-4)9-18-8-11-6-5-7-17-11/h5-7,10,14H,8-9H2,1-4H3. The summed E-state index contributed by atoms with van der Waals surface area (Å²) in [6, 6.07) is 4.01. The van der Waals surface area contributed by atoms with Gasteiger partial charge in [-0.05, 0) is 32.9 Å². The summed E-state index contributed by atoms with van der Waals surface area (Å²) < 4.78 is 10.1. The summed E-state index contributed by atoms with van der Waals surface area (Å²) >= 11 is 1.65. The van der Waals surface area contributed by atoms with E-state index in [1.54, 1.807) is 18.0 Å². The van der Waals surface area contributed by atoms with Crippen LogP contribution in [0.15, 0.2) is 22.8 Å². The van der Waals surface area contributed by atoms with Gasteiger partial charge in [0, 0.05) is 11.8 Å². The van der Waals surface area contributed by atoms with Gasteiger partial charge in [-0.2, -0.15) is 11.8 Å². The first kappa shape index (κ1) is 15.1. The van der Waals surface area contributed by atoms with Crippen LogP contribution in [0.3, 0.4) is 0 Å². The molecule has 18 heavy (non-hydrogen) atoms. The lowest BCUT2D eigenvalue weighted by atomic mass is 10.0. The zero-order chi connectivity index (χ0) is 13.6. The molecule has 0 saturated carbocycles. The second-order valence-corrected chi connectivity index (χ2v) is 5.68. The van der Waals surface area contributed by atoms with Crippen LogP contribution in [0.5, 0.6) is 0 Å². The number of carbonyl (C=O) groups excluding carboxylic acids is 1. The maximum absolute atomic E-state index is 11.8. The van der Waals surface area contributed by atoms with Crippen molar-refractivity contribution in [2.24, 2.45) is 0 Å².